The average molecular weight is 521 g/mol. The molecule has 202 valence electrons. The van der Waals surface area contributed by atoms with Crippen LogP contribution >= 0.6 is 7.82 Å². The zero-order valence-corrected chi connectivity index (χ0v) is 21.6. The zero-order chi connectivity index (χ0) is 25.9. The van der Waals surface area contributed by atoms with Crippen LogP contribution in [-0.4, -0.2) is 62.8 Å². The molecule has 13 heteroatoms. The number of phosphoric ester groups is 1. The normalized spacial score (nSPS) is 13.9. The summed E-state index contributed by atoms with van der Waals surface area (Å²) in [6.45, 7) is 2.26. The third-order valence-corrected chi connectivity index (χ3v) is 6.17. The van der Waals surface area contributed by atoms with Crippen LogP contribution in [0, 0.1) is 0 Å². The fourth-order valence-corrected chi connectivity index (χ4v) is 3.93. The van der Waals surface area contributed by atoms with E-state index in [1.165, 1.54) is 19.3 Å². The molecule has 0 radical (unpaired) electrons. The molecule has 2 atom stereocenters. The van der Waals surface area contributed by atoms with Crippen molar-refractivity contribution in [3.8, 4) is 0 Å². The summed E-state index contributed by atoms with van der Waals surface area (Å²) < 4.78 is 27.7. The third-order valence-electron chi connectivity index (χ3n) is 5.18. The van der Waals surface area contributed by atoms with Gasteiger partial charge in [-0.15, -0.1) is 5.10 Å². The van der Waals surface area contributed by atoms with Gasteiger partial charge in [-0.2, -0.15) is 0 Å². The molecule has 1 heterocycles. The number of carboxylic acids is 1. The van der Waals surface area contributed by atoms with Crippen molar-refractivity contribution in [1.29, 1.82) is 0 Å². The van der Waals surface area contributed by atoms with Gasteiger partial charge in [0.15, 0.2) is 0 Å². The van der Waals surface area contributed by atoms with E-state index in [9.17, 15) is 19.0 Å². The highest BCUT2D eigenvalue weighted by atomic mass is 31.2. The van der Waals surface area contributed by atoms with Gasteiger partial charge in [-0.3, -0.25) is 23.3 Å². The van der Waals surface area contributed by atoms with Crippen molar-refractivity contribution in [2.45, 2.75) is 96.6 Å². The van der Waals surface area contributed by atoms with E-state index in [2.05, 4.69) is 26.3 Å². The lowest BCUT2D eigenvalue weighted by Gasteiger charge is -2.13. The van der Waals surface area contributed by atoms with Crippen LogP contribution in [0.15, 0.2) is 6.20 Å². The number of carbonyl (C=O) groups excluding carboxylic acids is 1. The SMILES string of the molecule is CCCCCCc1cn(CCCCCCCC(=O)OCCCOP(=O)(O)OC[C@H](N)C(=O)O)nn1. The number of nitrogens with two attached hydrogens (primary N) is 1. The summed E-state index contributed by atoms with van der Waals surface area (Å²) in [6, 6.07) is -1.42. The van der Waals surface area contributed by atoms with Crippen LogP contribution in [0.5, 0.6) is 0 Å². The highest BCUT2D eigenvalue weighted by molar-refractivity contribution is 7.47. The monoisotopic (exact) mass is 520 g/mol. The number of nitrogens with zero attached hydrogens (tertiary/aromatic N) is 3. The molecule has 0 saturated carbocycles. The van der Waals surface area contributed by atoms with E-state index in [0.717, 1.165) is 57.2 Å². The second-order valence-electron chi connectivity index (χ2n) is 8.42. The fraction of sp³-hybridized carbons (Fsp3) is 0.818. The summed E-state index contributed by atoms with van der Waals surface area (Å²) in [5, 5.41) is 17.0. The molecule has 0 amide bonds. The third kappa shape index (κ3) is 16.4. The smallest absolute Gasteiger partial charge is 0.472 e. The molecule has 0 saturated heterocycles. The van der Waals surface area contributed by atoms with Crippen molar-refractivity contribution in [2.24, 2.45) is 5.73 Å². The van der Waals surface area contributed by atoms with Crippen molar-refractivity contribution in [2.75, 3.05) is 19.8 Å². The molecule has 1 aromatic heterocycles. The molecule has 12 nitrogen and oxygen atoms in total. The quantitative estimate of drug-likeness (QED) is 0.116. The number of esters is 1. The Balaban J connectivity index is 1.97. The Kier molecular flexibility index (Phi) is 16.4. The number of ether oxygens (including phenoxy) is 1. The summed E-state index contributed by atoms with van der Waals surface area (Å²) in [5.74, 6) is -1.68. The number of aryl methyl sites for hydroxylation is 2. The van der Waals surface area contributed by atoms with E-state index < -0.39 is 26.4 Å². The van der Waals surface area contributed by atoms with E-state index in [1.54, 1.807) is 0 Å². The van der Waals surface area contributed by atoms with Gasteiger partial charge in [0.05, 0.1) is 25.5 Å². The summed E-state index contributed by atoms with van der Waals surface area (Å²) in [7, 11) is -4.40. The van der Waals surface area contributed by atoms with Gasteiger partial charge in [0.25, 0.3) is 0 Å². The van der Waals surface area contributed by atoms with Gasteiger partial charge in [-0.1, -0.05) is 50.7 Å². The lowest BCUT2D eigenvalue weighted by atomic mass is 10.1. The maximum Gasteiger partial charge on any atom is 0.472 e. The van der Waals surface area contributed by atoms with E-state index >= 15 is 0 Å². The molecule has 0 aliphatic carbocycles. The number of hydrogen-bond donors (Lipinski definition) is 3. The van der Waals surface area contributed by atoms with Gasteiger partial charge in [-0.05, 0) is 25.7 Å². The lowest BCUT2D eigenvalue weighted by molar-refractivity contribution is -0.144. The van der Waals surface area contributed by atoms with Crippen molar-refractivity contribution in [1.82, 2.24) is 15.0 Å². The summed E-state index contributed by atoms with van der Waals surface area (Å²) in [4.78, 5) is 31.7. The molecule has 0 spiro atoms. The molecule has 0 aliphatic rings. The topological polar surface area (TPSA) is 176 Å². The molecule has 0 aliphatic heterocycles. The van der Waals surface area contributed by atoms with Crippen LogP contribution in [0.3, 0.4) is 0 Å². The minimum Gasteiger partial charge on any atom is -0.480 e. The molecule has 35 heavy (non-hydrogen) atoms. The maximum absolute atomic E-state index is 11.8. The van der Waals surface area contributed by atoms with Crippen molar-refractivity contribution in [3.63, 3.8) is 0 Å². The number of hydrogen-bond acceptors (Lipinski definition) is 9. The Morgan fingerprint density at radius 2 is 1.77 bits per heavy atom. The van der Waals surface area contributed by atoms with Gasteiger partial charge in [0.2, 0.25) is 0 Å². The molecule has 1 aromatic rings. The Bertz CT molecular complexity index is 776. The van der Waals surface area contributed by atoms with Crippen molar-refractivity contribution >= 4 is 19.8 Å². The first kappa shape index (κ1) is 31.2. The molecule has 1 unspecified atom stereocenters. The molecule has 0 aromatic carbocycles. The standard InChI is InChI=1S/C22H41N4O8P/c1-2-3-4-8-12-19-17-26(25-24-19)14-10-7-5-6-9-13-21(27)32-15-11-16-33-35(30,31)34-18-20(23)22(28)29/h17,20H,2-16,18,23H2,1H3,(H,28,29)(H,30,31)/t20-/m0/s1. The summed E-state index contributed by atoms with van der Waals surface area (Å²) in [6.07, 6.45) is 13.2. The molecule has 1 rings (SSSR count). The van der Waals surface area contributed by atoms with Crippen molar-refractivity contribution in [3.05, 3.63) is 11.9 Å². The molecular formula is C22H41N4O8P. The van der Waals surface area contributed by atoms with Gasteiger partial charge in [0.1, 0.15) is 6.04 Å². The minimum atomic E-state index is -4.40. The Labute approximate surface area is 207 Å². The van der Waals surface area contributed by atoms with E-state index in [4.69, 9.17) is 15.6 Å². The van der Waals surface area contributed by atoms with Crippen LogP contribution < -0.4 is 5.73 Å². The summed E-state index contributed by atoms with van der Waals surface area (Å²) in [5.41, 5.74) is 6.24. The summed E-state index contributed by atoms with van der Waals surface area (Å²) >= 11 is 0. The highest BCUT2D eigenvalue weighted by Crippen LogP contribution is 2.43. The Hall–Kier alpha value is -1.85. The first-order valence-corrected chi connectivity index (χ1v) is 13.9. The molecule has 0 bridgehead atoms. The Morgan fingerprint density at radius 1 is 1.06 bits per heavy atom. The van der Waals surface area contributed by atoms with E-state index in [1.807, 2.05) is 10.9 Å². The second kappa shape index (κ2) is 18.4. The second-order valence-corrected chi connectivity index (χ2v) is 9.87. The first-order chi connectivity index (χ1) is 16.7. The number of aromatic nitrogens is 3. The van der Waals surface area contributed by atoms with Crippen LogP contribution in [0.2, 0.25) is 0 Å². The predicted octanol–water partition coefficient (Wildman–Crippen LogP) is 3.22. The van der Waals surface area contributed by atoms with Crippen LogP contribution in [0.4, 0.5) is 0 Å². The van der Waals surface area contributed by atoms with Gasteiger partial charge >= 0.3 is 19.8 Å². The van der Waals surface area contributed by atoms with Crippen LogP contribution in [0.25, 0.3) is 0 Å². The average Bonchev–Trinajstić information content (AvgIpc) is 3.27. The minimum absolute atomic E-state index is 0.0476. The van der Waals surface area contributed by atoms with Crippen LogP contribution in [-0.2, 0) is 40.9 Å². The lowest BCUT2D eigenvalue weighted by Crippen LogP contribution is -2.34. The number of rotatable bonds is 22. The maximum atomic E-state index is 11.8. The van der Waals surface area contributed by atoms with Gasteiger partial charge < -0.3 is 20.5 Å². The van der Waals surface area contributed by atoms with Gasteiger partial charge in [0, 0.05) is 25.6 Å². The molecule has 0 fully saturated rings. The highest BCUT2D eigenvalue weighted by Gasteiger charge is 2.24. The molecular weight excluding hydrogens is 479 g/mol. The number of carbonyl (C=O) groups is 2. The Morgan fingerprint density at radius 3 is 2.51 bits per heavy atom. The van der Waals surface area contributed by atoms with E-state index in [-0.39, 0.29) is 25.6 Å². The zero-order valence-electron chi connectivity index (χ0n) is 20.7. The number of aliphatic carboxylic acids is 1. The molecule has 4 N–H and O–H groups in total. The number of unbranched alkanes of at least 4 members (excludes halogenated alkanes) is 7. The van der Waals surface area contributed by atoms with E-state index in [0.29, 0.717) is 6.42 Å². The predicted molar refractivity (Wildman–Crippen MR) is 128 cm³/mol. The largest absolute Gasteiger partial charge is 0.480 e. The number of carboxylic acid groups (broad SMARTS) is 1. The number of phosphoric acid groups is 1. The first-order valence-electron chi connectivity index (χ1n) is 12.4. The van der Waals surface area contributed by atoms with Crippen molar-refractivity contribution < 1.29 is 37.9 Å². The fourth-order valence-electron chi connectivity index (χ4n) is 3.15. The van der Waals surface area contributed by atoms with Gasteiger partial charge in [-0.25, -0.2) is 4.57 Å². The van der Waals surface area contributed by atoms with Crippen LogP contribution in [0.1, 0.15) is 83.2 Å².